The fraction of sp³-hybridized carbons (Fsp3) is 0.714. The zero-order valence-corrected chi connectivity index (χ0v) is 20.3. The molecule has 31 heavy (non-hydrogen) atoms. The molecule has 3 nitrogen and oxygen atoms in total. The average molecular weight is 429 g/mol. The van der Waals surface area contributed by atoms with E-state index < -0.39 is 11.2 Å². The van der Waals surface area contributed by atoms with Crippen molar-refractivity contribution in [3.63, 3.8) is 0 Å². The van der Waals surface area contributed by atoms with Gasteiger partial charge in [-0.2, -0.15) is 0 Å². The molecule has 0 aliphatic heterocycles. The highest BCUT2D eigenvalue weighted by Gasteiger charge is 2.50. The van der Waals surface area contributed by atoms with Gasteiger partial charge in [-0.25, -0.2) is 0 Å². The van der Waals surface area contributed by atoms with Crippen molar-refractivity contribution < 1.29 is 15.3 Å². The van der Waals surface area contributed by atoms with Crippen LogP contribution in [0.4, 0.5) is 0 Å². The molecule has 0 bridgehead atoms. The van der Waals surface area contributed by atoms with E-state index >= 15 is 0 Å². The predicted octanol–water partition coefficient (Wildman–Crippen LogP) is 5.87. The van der Waals surface area contributed by atoms with Crippen molar-refractivity contribution in [3.05, 3.63) is 47.6 Å². The van der Waals surface area contributed by atoms with Crippen molar-refractivity contribution >= 4 is 0 Å². The van der Waals surface area contributed by atoms with Crippen molar-refractivity contribution in [1.82, 2.24) is 0 Å². The number of aliphatic hydroxyl groups excluding tert-OH is 1. The Labute approximate surface area is 189 Å². The minimum atomic E-state index is -1.24. The Bertz CT molecular complexity index is 764. The molecule has 0 radical (unpaired) electrons. The highest BCUT2D eigenvalue weighted by atomic mass is 16.3. The maximum Gasteiger partial charge on any atom is 0.108 e. The van der Waals surface area contributed by atoms with Crippen molar-refractivity contribution in [2.45, 2.75) is 103 Å². The summed E-state index contributed by atoms with van der Waals surface area (Å²) < 4.78 is 0. The third kappa shape index (κ3) is 5.10. The van der Waals surface area contributed by atoms with E-state index in [9.17, 15) is 15.3 Å². The monoisotopic (exact) mass is 428 g/mol. The Morgan fingerprint density at radius 3 is 2.48 bits per heavy atom. The molecule has 0 saturated heterocycles. The summed E-state index contributed by atoms with van der Waals surface area (Å²) >= 11 is 0. The Kier molecular flexibility index (Phi) is 7.11. The summed E-state index contributed by atoms with van der Waals surface area (Å²) in [4.78, 5) is 0. The van der Waals surface area contributed by atoms with Gasteiger partial charge < -0.3 is 15.3 Å². The Balaban J connectivity index is 1.77. The Morgan fingerprint density at radius 2 is 1.81 bits per heavy atom. The lowest BCUT2D eigenvalue weighted by Crippen LogP contribution is -2.46. The molecule has 3 saturated carbocycles. The van der Waals surface area contributed by atoms with Crippen molar-refractivity contribution in [2.24, 2.45) is 23.2 Å². The molecule has 0 aromatic rings. The van der Waals surface area contributed by atoms with Crippen molar-refractivity contribution in [2.75, 3.05) is 0 Å². The molecule has 0 spiro atoms. The van der Waals surface area contributed by atoms with Crippen LogP contribution in [-0.4, -0.2) is 32.6 Å². The van der Waals surface area contributed by atoms with Gasteiger partial charge in [-0.05, 0) is 101 Å². The molecule has 3 aliphatic rings. The summed E-state index contributed by atoms with van der Waals surface area (Å²) in [6, 6.07) is 0. The van der Waals surface area contributed by atoms with E-state index in [1.807, 2.05) is 0 Å². The largest absolute Gasteiger partial charge is 0.393 e. The standard InChI is InChI=1S/C28H44O3/c1-19-9-12-23(29)18-22(19)11-10-21-8-7-16-27(5)24(13-14-25(21)27)20(2)15-17-28(6,31)26(3,4)30/h10-11,15,17,20,23-25,29-31H,1,7-9,12-14,16,18H2,2-6H3/b17-15+,21-10?,22-11?/t20-,23+,24-,25-,27-,28-/m1/s1. The van der Waals surface area contributed by atoms with Gasteiger partial charge in [0.2, 0.25) is 0 Å². The number of fused-ring (bicyclic) bond motifs is 1. The second kappa shape index (κ2) is 9.00. The molecule has 0 unspecified atom stereocenters. The first kappa shape index (κ1) is 24.5. The van der Waals surface area contributed by atoms with Crippen LogP contribution in [0.25, 0.3) is 0 Å². The quantitative estimate of drug-likeness (QED) is 0.480. The lowest BCUT2D eigenvalue weighted by Gasteiger charge is -2.44. The molecule has 3 rings (SSSR count). The van der Waals surface area contributed by atoms with Crippen LogP contribution < -0.4 is 0 Å². The lowest BCUT2D eigenvalue weighted by atomic mass is 9.61. The number of rotatable bonds is 5. The lowest BCUT2D eigenvalue weighted by molar-refractivity contribution is -0.0886. The summed E-state index contributed by atoms with van der Waals surface area (Å²) in [6.07, 6.45) is 16.8. The SMILES string of the molecule is C=C1CC[C@H](O)CC1=CC=C1CCC[C@@]2(C)[C@@H]1CC[C@@H]2[C@H](C)/C=C/[C@@](C)(O)C(C)(C)O. The maximum absolute atomic E-state index is 10.6. The summed E-state index contributed by atoms with van der Waals surface area (Å²) in [7, 11) is 0. The highest BCUT2D eigenvalue weighted by molar-refractivity contribution is 5.36. The average Bonchev–Trinajstić information content (AvgIpc) is 3.03. The second-order valence-electron chi connectivity index (χ2n) is 11.5. The first-order chi connectivity index (χ1) is 14.3. The molecule has 3 fully saturated rings. The van der Waals surface area contributed by atoms with Crippen LogP contribution in [-0.2, 0) is 0 Å². The van der Waals surface area contributed by atoms with Crippen LogP contribution in [0.3, 0.4) is 0 Å². The predicted molar refractivity (Wildman–Crippen MR) is 129 cm³/mol. The van der Waals surface area contributed by atoms with Gasteiger partial charge in [-0.3, -0.25) is 0 Å². The first-order valence-electron chi connectivity index (χ1n) is 12.2. The summed E-state index contributed by atoms with van der Waals surface area (Å²) in [5.74, 6) is 1.54. The van der Waals surface area contributed by atoms with E-state index in [1.54, 1.807) is 32.4 Å². The van der Waals surface area contributed by atoms with Gasteiger partial charge in [-0.1, -0.05) is 55.9 Å². The van der Waals surface area contributed by atoms with Crippen LogP contribution >= 0.6 is 0 Å². The Morgan fingerprint density at radius 1 is 1.10 bits per heavy atom. The van der Waals surface area contributed by atoms with Gasteiger partial charge in [0, 0.05) is 0 Å². The van der Waals surface area contributed by atoms with E-state index in [0.717, 1.165) is 19.3 Å². The molecule has 0 aromatic heterocycles. The number of allylic oxidation sites excluding steroid dienone is 5. The number of aliphatic hydroxyl groups is 3. The third-order valence-corrected chi connectivity index (χ3v) is 8.82. The van der Waals surface area contributed by atoms with Crippen LogP contribution in [0, 0.1) is 23.2 Å². The van der Waals surface area contributed by atoms with Crippen LogP contribution in [0.1, 0.15) is 86.0 Å². The normalized spacial score (nSPS) is 37.9. The smallest absolute Gasteiger partial charge is 0.108 e. The van der Waals surface area contributed by atoms with Gasteiger partial charge in [0.05, 0.1) is 11.7 Å². The molecule has 0 heterocycles. The fourth-order valence-corrected chi connectivity index (χ4v) is 6.22. The molecular weight excluding hydrogens is 384 g/mol. The van der Waals surface area contributed by atoms with E-state index in [4.69, 9.17) is 0 Å². The minimum absolute atomic E-state index is 0.226. The van der Waals surface area contributed by atoms with Gasteiger partial charge in [-0.15, -0.1) is 0 Å². The zero-order valence-electron chi connectivity index (χ0n) is 20.3. The van der Waals surface area contributed by atoms with Crippen molar-refractivity contribution in [1.29, 1.82) is 0 Å². The molecule has 174 valence electrons. The topological polar surface area (TPSA) is 60.7 Å². The van der Waals surface area contributed by atoms with E-state index in [-0.39, 0.29) is 11.5 Å². The van der Waals surface area contributed by atoms with Crippen LogP contribution in [0.15, 0.2) is 47.6 Å². The minimum Gasteiger partial charge on any atom is -0.393 e. The van der Waals surface area contributed by atoms with Crippen LogP contribution in [0.5, 0.6) is 0 Å². The van der Waals surface area contributed by atoms with Gasteiger partial charge in [0.25, 0.3) is 0 Å². The second-order valence-corrected chi connectivity index (χ2v) is 11.5. The summed E-state index contributed by atoms with van der Waals surface area (Å²) in [5.41, 5.74) is 1.83. The molecule has 0 aromatic carbocycles. The Hall–Kier alpha value is -1.16. The van der Waals surface area contributed by atoms with Gasteiger partial charge >= 0.3 is 0 Å². The van der Waals surface area contributed by atoms with Gasteiger partial charge in [0.15, 0.2) is 0 Å². The molecular formula is C28H44O3. The van der Waals surface area contributed by atoms with Gasteiger partial charge in [0.1, 0.15) is 5.60 Å². The summed E-state index contributed by atoms with van der Waals surface area (Å²) in [6.45, 7) is 13.9. The number of hydrogen-bond acceptors (Lipinski definition) is 3. The fourth-order valence-electron chi connectivity index (χ4n) is 6.22. The maximum atomic E-state index is 10.6. The van der Waals surface area contributed by atoms with E-state index in [2.05, 4.69) is 38.7 Å². The summed E-state index contributed by atoms with van der Waals surface area (Å²) in [5, 5.41) is 30.9. The molecule has 0 amide bonds. The molecule has 3 heteroatoms. The zero-order chi connectivity index (χ0) is 23.0. The molecule has 3 N–H and O–H groups in total. The highest BCUT2D eigenvalue weighted by Crippen LogP contribution is 2.59. The molecule has 3 aliphatic carbocycles. The number of hydrogen-bond donors (Lipinski definition) is 3. The van der Waals surface area contributed by atoms with Crippen molar-refractivity contribution in [3.8, 4) is 0 Å². The van der Waals surface area contributed by atoms with Crippen LogP contribution in [0.2, 0.25) is 0 Å². The third-order valence-electron chi connectivity index (χ3n) is 8.82. The van der Waals surface area contributed by atoms with E-state index in [0.29, 0.717) is 17.8 Å². The van der Waals surface area contributed by atoms with E-state index in [1.165, 1.54) is 43.3 Å². The first-order valence-corrected chi connectivity index (χ1v) is 12.2. The molecule has 6 atom stereocenters.